The zero-order chi connectivity index (χ0) is 15.7. The lowest BCUT2D eigenvalue weighted by atomic mass is 10.0. The van der Waals surface area contributed by atoms with Crippen LogP contribution in [-0.2, 0) is 0 Å². The van der Waals surface area contributed by atoms with E-state index in [1.54, 1.807) is 0 Å². The van der Waals surface area contributed by atoms with Crippen LogP contribution in [0.5, 0.6) is 0 Å². The molecule has 0 heterocycles. The monoisotopic (exact) mass is 326 g/mol. The van der Waals surface area contributed by atoms with Crippen LogP contribution in [-0.4, -0.2) is 11.0 Å². The standard InChI is InChI=1S/C21H42S/c1-2-3-4-5-6-7-8-9-10-11-12-13-14-17-20-22-21-18-15-16-19-21/h21H,2-20H2,1H3. The lowest BCUT2D eigenvalue weighted by Gasteiger charge is -2.08. The van der Waals surface area contributed by atoms with Gasteiger partial charge in [0.2, 0.25) is 0 Å². The highest BCUT2D eigenvalue weighted by Gasteiger charge is 2.14. The minimum absolute atomic E-state index is 1.03. The van der Waals surface area contributed by atoms with Crippen LogP contribution in [0, 0.1) is 0 Å². The van der Waals surface area contributed by atoms with E-state index in [1.165, 1.54) is 121 Å². The molecule has 0 spiro atoms. The van der Waals surface area contributed by atoms with Crippen LogP contribution in [0.1, 0.15) is 122 Å². The van der Waals surface area contributed by atoms with Gasteiger partial charge in [0.05, 0.1) is 0 Å². The maximum absolute atomic E-state index is 2.30. The minimum atomic E-state index is 1.03. The molecule has 1 saturated carbocycles. The van der Waals surface area contributed by atoms with Gasteiger partial charge in [-0.3, -0.25) is 0 Å². The third-order valence-corrected chi connectivity index (χ3v) is 6.62. The van der Waals surface area contributed by atoms with Crippen LogP contribution in [0.15, 0.2) is 0 Å². The van der Waals surface area contributed by atoms with E-state index in [0.717, 1.165) is 5.25 Å². The number of hydrogen-bond acceptors (Lipinski definition) is 1. The summed E-state index contributed by atoms with van der Waals surface area (Å²) in [6.45, 7) is 2.30. The zero-order valence-corrected chi connectivity index (χ0v) is 16.2. The molecular weight excluding hydrogens is 284 g/mol. The molecule has 0 N–H and O–H groups in total. The fourth-order valence-corrected chi connectivity index (χ4v) is 4.97. The fourth-order valence-electron chi connectivity index (χ4n) is 3.60. The largest absolute Gasteiger partial charge is 0.159 e. The van der Waals surface area contributed by atoms with Crippen molar-refractivity contribution in [2.24, 2.45) is 0 Å². The summed E-state index contributed by atoms with van der Waals surface area (Å²) in [4.78, 5) is 0. The van der Waals surface area contributed by atoms with Crippen LogP contribution in [0.3, 0.4) is 0 Å². The first-order valence-electron chi connectivity index (χ1n) is 10.5. The van der Waals surface area contributed by atoms with Crippen molar-refractivity contribution in [1.29, 1.82) is 0 Å². The lowest BCUT2D eigenvalue weighted by molar-refractivity contribution is 0.538. The predicted octanol–water partition coefficient (Wildman–Crippen LogP) is 8.14. The van der Waals surface area contributed by atoms with Gasteiger partial charge in [-0.05, 0) is 25.0 Å². The Morgan fingerprint density at radius 3 is 1.45 bits per heavy atom. The second-order valence-corrected chi connectivity index (χ2v) is 8.78. The molecule has 0 aromatic carbocycles. The summed E-state index contributed by atoms with van der Waals surface area (Å²) in [5.41, 5.74) is 0. The van der Waals surface area contributed by atoms with Gasteiger partial charge in [0.15, 0.2) is 0 Å². The molecule has 0 aliphatic heterocycles. The smallest absolute Gasteiger partial charge is 0.00470 e. The summed E-state index contributed by atoms with van der Waals surface area (Å²) in [5, 5.41) is 1.03. The van der Waals surface area contributed by atoms with Crippen molar-refractivity contribution in [2.75, 3.05) is 5.75 Å². The highest BCUT2D eigenvalue weighted by molar-refractivity contribution is 7.99. The zero-order valence-electron chi connectivity index (χ0n) is 15.4. The van der Waals surface area contributed by atoms with Crippen LogP contribution < -0.4 is 0 Å². The van der Waals surface area contributed by atoms with Crippen molar-refractivity contribution in [1.82, 2.24) is 0 Å². The Morgan fingerprint density at radius 1 is 0.591 bits per heavy atom. The topological polar surface area (TPSA) is 0 Å². The van der Waals surface area contributed by atoms with Gasteiger partial charge < -0.3 is 0 Å². The fraction of sp³-hybridized carbons (Fsp3) is 1.00. The molecule has 1 aliphatic rings. The van der Waals surface area contributed by atoms with E-state index in [0.29, 0.717) is 0 Å². The number of hydrogen-bond donors (Lipinski definition) is 0. The third kappa shape index (κ3) is 12.9. The quantitative estimate of drug-likeness (QED) is 0.258. The molecule has 0 radical (unpaired) electrons. The Kier molecular flexibility index (Phi) is 15.0. The van der Waals surface area contributed by atoms with E-state index in [2.05, 4.69) is 18.7 Å². The van der Waals surface area contributed by atoms with Gasteiger partial charge in [-0.2, -0.15) is 11.8 Å². The second-order valence-electron chi connectivity index (χ2n) is 7.37. The van der Waals surface area contributed by atoms with E-state index in [4.69, 9.17) is 0 Å². The summed E-state index contributed by atoms with van der Waals surface area (Å²) in [6, 6.07) is 0. The molecule has 0 aromatic heterocycles. The molecule has 1 fully saturated rings. The van der Waals surface area contributed by atoms with Crippen LogP contribution in [0.2, 0.25) is 0 Å². The van der Waals surface area contributed by atoms with Gasteiger partial charge in [-0.25, -0.2) is 0 Å². The first-order valence-corrected chi connectivity index (χ1v) is 11.6. The SMILES string of the molecule is CCCCCCCCCCCCCCCCSC1CCCC1. The van der Waals surface area contributed by atoms with Gasteiger partial charge in [0.1, 0.15) is 0 Å². The van der Waals surface area contributed by atoms with E-state index in [-0.39, 0.29) is 0 Å². The molecule has 0 amide bonds. The molecule has 0 atom stereocenters. The first kappa shape index (κ1) is 20.4. The number of thioether (sulfide) groups is 1. The van der Waals surface area contributed by atoms with Crippen molar-refractivity contribution in [3.63, 3.8) is 0 Å². The Morgan fingerprint density at radius 2 is 1.00 bits per heavy atom. The molecule has 1 rings (SSSR count). The van der Waals surface area contributed by atoms with Gasteiger partial charge in [0, 0.05) is 5.25 Å². The number of unbranched alkanes of at least 4 members (excludes halogenated alkanes) is 13. The Hall–Kier alpha value is 0.350. The summed E-state index contributed by atoms with van der Waals surface area (Å²) >= 11 is 2.27. The molecular formula is C21H42S. The second kappa shape index (κ2) is 16.2. The molecule has 1 heteroatoms. The lowest BCUT2D eigenvalue weighted by Crippen LogP contribution is -1.95. The van der Waals surface area contributed by atoms with Crippen molar-refractivity contribution in [3.8, 4) is 0 Å². The molecule has 0 aromatic rings. The van der Waals surface area contributed by atoms with Crippen molar-refractivity contribution >= 4 is 11.8 Å². The van der Waals surface area contributed by atoms with Gasteiger partial charge >= 0.3 is 0 Å². The molecule has 0 unspecified atom stereocenters. The Bertz CT molecular complexity index is 208. The average Bonchev–Trinajstić information content (AvgIpc) is 3.04. The van der Waals surface area contributed by atoms with Crippen LogP contribution in [0.4, 0.5) is 0 Å². The van der Waals surface area contributed by atoms with Crippen molar-refractivity contribution < 1.29 is 0 Å². The summed E-state index contributed by atoms with van der Waals surface area (Å²) in [6.07, 6.45) is 26.6. The van der Waals surface area contributed by atoms with E-state index >= 15 is 0 Å². The predicted molar refractivity (Wildman–Crippen MR) is 105 cm³/mol. The first-order chi connectivity index (χ1) is 10.9. The molecule has 132 valence electrons. The normalized spacial score (nSPS) is 15.7. The molecule has 0 saturated heterocycles. The Labute approximate surface area is 145 Å². The maximum atomic E-state index is 2.30. The minimum Gasteiger partial charge on any atom is -0.159 e. The van der Waals surface area contributed by atoms with Crippen molar-refractivity contribution in [2.45, 2.75) is 128 Å². The van der Waals surface area contributed by atoms with Gasteiger partial charge in [-0.15, -0.1) is 0 Å². The van der Waals surface area contributed by atoms with Crippen LogP contribution in [0.25, 0.3) is 0 Å². The third-order valence-electron chi connectivity index (χ3n) is 5.15. The molecule has 1 aliphatic carbocycles. The highest BCUT2D eigenvalue weighted by atomic mass is 32.2. The summed E-state index contributed by atoms with van der Waals surface area (Å²) < 4.78 is 0. The average molecular weight is 327 g/mol. The maximum Gasteiger partial charge on any atom is 0.00470 e. The molecule has 0 nitrogen and oxygen atoms in total. The summed E-state index contributed by atoms with van der Waals surface area (Å²) in [5.74, 6) is 1.43. The van der Waals surface area contributed by atoms with Gasteiger partial charge in [-0.1, -0.05) is 103 Å². The molecule has 0 bridgehead atoms. The summed E-state index contributed by atoms with van der Waals surface area (Å²) in [7, 11) is 0. The van der Waals surface area contributed by atoms with E-state index < -0.39 is 0 Å². The van der Waals surface area contributed by atoms with Gasteiger partial charge in [0.25, 0.3) is 0 Å². The number of rotatable bonds is 16. The van der Waals surface area contributed by atoms with E-state index in [9.17, 15) is 0 Å². The van der Waals surface area contributed by atoms with Crippen molar-refractivity contribution in [3.05, 3.63) is 0 Å². The van der Waals surface area contributed by atoms with E-state index in [1.807, 2.05) is 0 Å². The van der Waals surface area contributed by atoms with Crippen LogP contribution >= 0.6 is 11.8 Å². The molecule has 22 heavy (non-hydrogen) atoms. The highest BCUT2D eigenvalue weighted by Crippen LogP contribution is 2.30. The Balaban J connectivity index is 1.64.